The number of esters is 1. The molecule has 17 heteroatoms. The van der Waals surface area contributed by atoms with E-state index in [4.69, 9.17) is 14.5 Å². The summed E-state index contributed by atoms with van der Waals surface area (Å²) in [5, 5.41) is 5.76. The van der Waals surface area contributed by atoms with Crippen LogP contribution >= 0.6 is 0 Å². The minimum atomic E-state index is -1.00. The molecule has 0 saturated carbocycles. The molecule has 5 atom stereocenters. The maximum absolute atomic E-state index is 14.9. The van der Waals surface area contributed by atoms with Gasteiger partial charge in [-0.1, -0.05) is 46.4 Å². The van der Waals surface area contributed by atoms with Gasteiger partial charge in [0.25, 0.3) is 5.91 Å². The van der Waals surface area contributed by atoms with Crippen molar-refractivity contribution in [3.63, 3.8) is 0 Å². The van der Waals surface area contributed by atoms with E-state index < -0.39 is 35.4 Å². The summed E-state index contributed by atoms with van der Waals surface area (Å²) in [6, 6.07) is 7.87. The standard InChI is InChI=1S/C56H80N10O7/c1-11-47(67)64-29-28-60(8)34-56(35-64)21-26-63(27-22-56)54(71)61(9)49(37(3)4)51(68)58-45-33-62-24-14-16-40(32-62)39-19-20-46-42(30-39)43(50(65(46)12-2)41-17-13-23-57-48(41)38(5)72-10)31-55(6,7)36-73-53(70)44-18-15-25-66(59-44)52(45)69/h11,13,16-17,19-20,23,30,37-38,44-45,49,59H,1,12,14-15,18,21-22,24-29,31-36H2,2-10H3,(H,58,68)/t38-,44-,45-,49-/m0/s1. The van der Waals surface area contributed by atoms with E-state index in [2.05, 4.69) is 89.8 Å². The Hall–Kier alpha value is -5.62. The molecule has 6 bridgehead atoms. The molecule has 2 N–H and O–H groups in total. The van der Waals surface area contributed by atoms with E-state index in [1.807, 2.05) is 42.8 Å². The second-order valence-corrected chi connectivity index (χ2v) is 22.5. The predicted octanol–water partition coefficient (Wildman–Crippen LogP) is 5.74. The van der Waals surface area contributed by atoms with Crippen molar-refractivity contribution in [1.82, 2.24) is 49.8 Å². The monoisotopic (exact) mass is 1000 g/mol. The van der Waals surface area contributed by atoms with Crippen LogP contribution in [0.25, 0.3) is 27.7 Å². The summed E-state index contributed by atoms with van der Waals surface area (Å²) in [6.45, 7) is 22.4. The predicted molar refractivity (Wildman–Crippen MR) is 283 cm³/mol. The molecule has 8 rings (SSSR count). The number of hydrazine groups is 1. The number of likely N-dealkylation sites (N-methyl/N-ethyl adjacent to an activating group) is 2. The minimum absolute atomic E-state index is 0.0762. The van der Waals surface area contributed by atoms with Crippen LogP contribution in [0.1, 0.15) is 96.6 Å². The number of aryl methyl sites for hydroxylation is 1. The first-order chi connectivity index (χ1) is 34.9. The number of nitrogens with one attached hydrogen (secondary N) is 2. The van der Waals surface area contributed by atoms with Crippen LogP contribution in [0.3, 0.4) is 0 Å². The normalized spacial score (nSPS) is 23.8. The van der Waals surface area contributed by atoms with E-state index in [1.54, 1.807) is 14.2 Å². The summed E-state index contributed by atoms with van der Waals surface area (Å²) in [5.74, 6) is -1.57. The van der Waals surface area contributed by atoms with Gasteiger partial charge < -0.3 is 39.0 Å². The fourth-order valence-corrected chi connectivity index (χ4v) is 12.1. The summed E-state index contributed by atoms with van der Waals surface area (Å²) in [7, 11) is 5.45. The molecule has 7 heterocycles. The van der Waals surface area contributed by atoms with Gasteiger partial charge in [-0.3, -0.25) is 34.1 Å². The Kier molecular flexibility index (Phi) is 16.5. The van der Waals surface area contributed by atoms with Crippen LogP contribution < -0.4 is 10.7 Å². The number of hydrogen-bond donors (Lipinski definition) is 2. The Morgan fingerprint density at radius 1 is 1.04 bits per heavy atom. The first-order valence-electron chi connectivity index (χ1n) is 26.6. The van der Waals surface area contributed by atoms with Gasteiger partial charge in [-0.2, -0.15) is 0 Å². The molecule has 0 radical (unpaired) electrons. The molecular formula is C56H80N10O7. The number of carbonyl (C=O) groups excluding carboxylic acids is 5. The van der Waals surface area contributed by atoms with Gasteiger partial charge >= 0.3 is 12.0 Å². The van der Waals surface area contributed by atoms with Crippen LogP contribution in [-0.2, 0) is 41.6 Å². The van der Waals surface area contributed by atoms with E-state index >= 15 is 0 Å². The molecule has 3 aromatic rings. The fourth-order valence-electron chi connectivity index (χ4n) is 12.1. The Morgan fingerprint density at radius 2 is 1.81 bits per heavy atom. The highest BCUT2D eigenvalue weighted by Gasteiger charge is 2.43. The lowest BCUT2D eigenvalue weighted by molar-refractivity contribution is -0.155. The fraction of sp³-hybridized carbons (Fsp3) is 0.607. The second-order valence-electron chi connectivity index (χ2n) is 22.5. The van der Waals surface area contributed by atoms with Crippen molar-refractivity contribution >= 4 is 46.2 Å². The summed E-state index contributed by atoms with van der Waals surface area (Å²) in [5.41, 5.74) is 9.94. The summed E-state index contributed by atoms with van der Waals surface area (Å²) in [4.78, 5) is 85.5. The lowest BCUT2D eigenvalue weighted by atomic mass is 9.77. The number of carbonyl (C=O) groups is 5. The molecule has 73 heavy (non-hydrogen) atoms. The Balaban J connectivity index is 1.08. The first kappa shape index (κ1) is 53.7. The zero-order chi connectivity index (χ0) is 52.4. The molecule has 1 unspecified atom stereocenters. The molecule has 3 saturated heterocycles. The summed E-state index contributed by atoms with van der Waals surface area (Å²) < 4.78 is 14.4. The average molecular weight is 1010 g/mol. The third kappa shape index (κ3) is 11.5. The topological polar surface area (TPSA) is 165 Å². The smallest absolute Gasteiger partial charge is 0.324 e. The van der Waals surface area contributed by atoms with E-state index in [-0.39, 0.29) is 48.4 Å². The number of ether oxygens (including phenoxy) is 2. The highest BCUT2D eigenvalue weighted by Crippen LogP contribution is 2.42. The molecule has 1 spiro atoms. The SMILES string of the molecule is C=CC(=O)N1CCN(C)CC2(CCN(C(=O)N(C)[C@H](C(=O)N[C@H]3CN4CCC=C(C4)c4ccc5c(c4)c(c(-c4cccnc4[C@H](C)OC)n5CC)CC(C)(C)COC(=O)[C@@H]4CCCN(N4)C3=O)C(C)C)CC2)C1. The van der Waals surface area contributed by atoms with Crippen molar-refractivity contribution in [2.75, 3.05) is 93.3 Å². The van der Waals surface area contributed by atoms with E-state index in [0.29, 0.717) is 65.1 Å². The number of benzene rings is 1. The average Bonchev–Trinajstić information content (AvgIpc) is 3.58. The van der Waals surface area contributed by atoms with Gasteiger partial charge in [-0.05, 0) is 112 Å². The van der Waals surface area contributed by atoms with Gasteiger partial charge in [0.2, 0.25) is 11.8 Å². The number of amides is 5. The van der Waals surface area contributed by atoms with Crippen LogP contribution in [0.5, 0.6) is 0 Å². The van der Waals surface area contributed by atoms with Crippen LogP contribution in [0.4, 0.5) is 4.79 Å². The molecule has 2 aromatic heterocycles. The molecule has 17 nitrogen and oxygen atoms in total. The maximum atomic E-state index is 14.9. The van der Waals surface area contributed by atoms with Crippen molar-refractivity contribution in [2.24, 2.45) is 16.7 Å². The van der Waals surface area contributed by atoms with Crippen LogP contribution in [0, 0.1) is 16.7 Å². The summed E-state index contributed by atoms with van der Waals surface area (Å²) in [6.07, 6.45) is 9.07. The molecule has 396 valence electrons. The summed E-state index contributed by atoms with van der Waals surface area (Å²) >= 11 is 0. The highest BCUT2D eigenvalue weighted by molar-refractivity contribution is 5.95. The number of nitrogens with zero attached hydrogens (tertiary/aromatic N) is 8. The van der Waals surface area contributed by atoms with Crippen molar-refractivity contribution in [3.8, 4) is 11.3 Å². The number of cyclic esters (lactones) is 1. The van der Waals surface area contributed by atoms with Crippen LogP contribution in [0.2, 0.25) is 0 Å². The maximum Gasteiger partial charge on any atom is 0.324 e. The number of fused-ring (bicyclic) bond motifs is 6. The van der Waals surface area contributed by atoms with Gasteiger partial charge in [0.15, 0.2) is 0 Å². The molecule has 5 aliphatic rings. The van der Waals surface area contributed by atoms with E-state index in [0.717, 1.165) is 83.5 Å². The Bertz CT molecular complexity index is 2580. The van der Waals surface area contributed by atoms with E-state index in [9.17, 15) is 24.0 Å². The zero-order valence-corrected chi connectivity index (χ0v) is 44.9. The van der Waals surface area contributed by atoms with Crippen LogP contribution in [0.15, 0.2) is 55.3 Å². The minimum Gasteiger partial charge on any atom is -0.464 e. The van der Waals surface area contributed by atoms with Crippen molar-refractivity contribution < 1.29 is 33.4 Å². The number of urea groups is 1. The molecule has 5 amide bonds. The van der Waals surface area contributed by atoms with Gasteiger partial charge in [-0.25, -0.2) is 10.2 Å². The largest absolute Gasteiger partial charge is 0.464 e. The van der Waals surface area contributed by atoms with Crippen molar-refractivity contribution in [2.45, 2.75) is 111 Å². The second kappa shape index (κ2) is 22.5. The van der Waals surface area contributed by atoms with E-state index in [1.165, 1.54) is 16.0 Å². The van der Waals surface area contributed by atoms with Gasteiger partial charge in [0.1, 0.15) is 18.1 Å². The lowest BCUT2D eigenvalue weighted by Crippen LogP contribution is -2.64. The molecule has 1 aromatic carbocycles. The lowest BCUT2D eigenvalue weighted by Gasteiger charge is -2.45. The third-order valence-electron chi connectivity index (χ3n) is 16.1. The zero-order valence-electron chi connectivity index (χ0n) is 44.9. The quantitative estimate of drug-likeness (QED) is 0.198. The highest BCUT2D eigenvalue weighted by atomic mass is 16.5. The molecule has 5 aliphatic heterocycles. The Morgan fingerprint density at radius 3 is 2.52 bits per heavy atom. The number of piperidine rings is 1. The molecular weight excluding hydrogens is 925 g/mol. The third-order valence-corrected chi connectivity index (χ3v) is 16.1. The molecule has 3 fully saturated rings. The number of rotatable bonds is 9. The number of hydrogen-bond acceptors (Lipinski definition) is 11. The molecule has 0 aliphatic carbocycles. The van der Waals surface area contributed by atoms with Crippen molar-refractivity contribution in [1.29, 1.82) is 0 Å². The van der Waals surface area contributed by atoms with Crippen LogP contribution in [-0.4, -0.2) is 180 Å². The van der Waals surface area contributed by atoms with Gasteiger partial charge in [0.05, 0.1) is 24.1 Å². The Labute approximate surface area is 432 Å². The number of likely N-dealkylation sites (tertiary alicyclic amines) is 1. The van der Waals surface area contributed by atoms with Gasteiger partial charge in [0, 0.05) is 120 Å². The number of methoxy groups -OCH3 is 1. The number of aromatic nitrogens is 2. The number of pyridine rings is 1. The first-order valence-corrected chi connectivity index (χ1v) is 26.6. The van der Waals surface area contributed by atoms with Gasteiger partial charge in [-0.15, -0.1) is 0 Å². The van der Waals surface area contributed by atoms with Crippen molar-refractivity contribution in [3.05, 3.63) is 72.1 Å².